The van der Waals surface area contributed by atoms with E-state index in [9.17, 15) is 14.4 Å². The lowest BCUT2D eigenvalue weighted by atomic mass is 10.2. The number of anilines is 2. The van der Waals surface area contributed by atoms with Gasteiger partial charge in [-0.1, -0.05) is 11.6 Å². The van der Waals surface area contributed by atoms with E-state index in [-0.39, 0.29) is 24.3 Å². The Labute approximate surface area is 167 Å². The summed E-state index contributed by atoms with van der Waals surface area (Å²) in [4.78, 5) is 37.7. The molecule has 8 heteroatoms. The Morgan fingerprint density at radius 1 is 1.18 bits per heavy atom. The summed E-state index contributed by atoms with van der Waals surface area (Å²) in [5.74, 6) is -0.157. The van der Waals surface area contributed by atoms with Crippen LogP contribution in [0.4, 0.5) is 11.4 Å². The van der Waals surface area contributed by atoms with E-state index in [4.69, 9.17) is 16.3 Å². The summed E-state index contributed by atoms with van der Waals surface area (Å²) < 4.78 is 5.06. The van der Waals surface area contributed by atoms with E-state index in [0.717, 1.165) is 12.1 Å². The summed E-state index contributed by atoms with van der Waals surface area (Å²) in [5.41, 5.74) is 1.69. The molecular weight excluding hydrogens is 382 g/mol. The molecule has 2 N–H and O–H groups in total. The van der Waals surface area contributed by atoms with Gasteiger partial charge in [0, 0.05) is 29.9 Å². The number of benzene rings is 2. The molecule has 0 aliphatic carbocycles. The van der Waals surface area contributed by atoms with Gasteiger partial charge in [-0.25, -0.2) is 0 Å². The molecule has 2 aromatic carbocycles. The number of nitrogens with zero attached hydrogens (tertiary/aromatic N) is 1. The fourth-order valence-electron chi connectivity index (χ4n) is 2.93. The number of carbonyl (C=O) groups is 3. The van der Waals surface area contributed by atoms with Crippen molar-refractivity contribution in [1.29, 1.82) is 0 Å². The molecule has 0 spiro atoms. The van der Waals surface area contributed by atoms with Gasteiger partial charge in [-0.3, -0.25) is 14.4 Å². The zero-order valence-electron chi connectivity index (χ0n) is 15.3. The van der Waals surface area contributed by atoms with Crippen LogP contribution in [0, 0.1) is 0 Å². The molecule has 1 aliphatic rings. The molecule has 0 radical (unpaired) electrons. The predicted molar refractivity (Wildman–Crippen MR) is 107 cm³/mol. The molecule has 0 aromatic heterocycles. The van der Waals surface area contributed by atoms with Crippen LogP contribution in [0.5, 0.6) is 5.75 Å². The van der Waals surface area contributed by atoms with Crippen molar-refractivity contribution in [2.24, 2.45) is 0 Å². The molecule has 1 heterocycles. The molecule has 28 heavy (non-hydrogen) atoms. The number of halogens is 1. The highest BCUT2D eigenvalue weighted by Crippen LogP contribution is 2.27. The lowest BCUT2D eigenvalue weighted by Gasteiger charge is -2.15. The van der Waals surface area contributed by atoms with Gasteiger partial charge in [-0.2, -0.15) is 0 Å². The third-order valence-corrected chi connectivity index (χ3v) is 4.66. The second-order valence-electron chi connectivity index (χ2n) is 6.28. The Balaban J connectivity index is 1.52. The van der Waals surface area contributed by atoms with Crippen molar-refractivity contribution in [3.05, 3.63) is 53.1 Å². The van der Waals surface area contributed by atoms with Crippen molar-refractivity contribution in [3.8, 4) is 5.75 Å². The van der Waals surface area contributed by atoms with Crippen molar-refractivity contribution in [3.63, 3.8) is 0 Å². The van der Waals surface area contributed by atoms with E-state index in [1.165, 1.54) is 7.11 Å². The number of rotatable bonds is 6. The SMILES string of the molecule is COc1ccc(NC(=O)CNC(=O)c2ccc(N3CCCC3=O)cc2)cc1Cl. The maximum atomic E-state index is 12.2. The molecule has 0 bridgehead atoms. The Kier molecular flexibility index (Phi) is 6.16. The maximum absolute atomic E-state index is 12.2. The van der Waals surface area contributed by atoms with Crippen molar-refractivity contribution >= 4 is 40.7 Å². The fourth-order valence-corrected chi connectivity index (χ4v) is 3.18. The average Bonchev–Trinajstić information content (AvgIpc) is 3.12. The first kappa shape index (κ1) is 19.7. The first-order valence-corrected chi connectivity index (χ1v) is 9.18. The molecule has 146 valence electrons. The zero-order valence-corrected chi connectivity index (χ0v) is 16.1. The Hall–Kier alpha value is -3.06. The summed E-state index contributed by atoms with van der Waals surface area (Å²) in [7, 11) is 1.50. The second-order valence-corrected chi connectivity index (χ2v) is 6.68. The Bertz CT molecular complexity index is 899. The van der Waals surface area contributed by atoms with Gasteiger partial charge in [0.25, 0.3) is 5.91 Å². The van der Waals surface area contributed by atoms with E-state index in [2.05, 4.69) is 10.6 Å². The summed E-state index contributed by atoms with van der Waals surface area (Å²) in [6, 6.07) is 11.6. The number of ether oxygens (including phenoxy) is 1. The van der Waals surface area contributed by atoms with E-state index in [1.807, 2.05) is 0 Å². The highest BCUT2D eigenvalue weighted by atomic mass is 35.5. The smallest absolute Gasteiger partial charge is 0.251 e. The van der Waals surface area contributed by atoms with Gasteiger partial charge < -0.3 is 20.3 Å². The minimum atomic E-state index is -0.381. The fraction of sp³-hybridized carbons (Fsp3) is 0.250. The first-order valence-electron chi connectivity index (χ1n) is 8.80. The number of carbonyl (C=O) groups excluding carboxylic acids is 3. The summed E-state index contributed by atoms with van der Waals surface area (Å²) in [5, 5.41) is 5.59. The van der Waals surface area contributed by atoms with Crippen molar-refractivity contribution < 1.29 is 19.1 Å². The maximum Gasteiger partial charge on any atom is 0.251 e. The lowest BCUT2D eigenvalue weighted by Crippen LogP contribution is -2.32. The normalized spacial score (nSPS) is 13.4. The average molecular weight is 402 g/mol. The van der Waals surface area contributed by atoms with Crippen LogP contribution in [0.25, 0.3) is 0 Å². The third kappa shape index (κ3) is 4.61. The molecule has 2 aromatic rings. The molecule has 1 aliphatic heterocycles. The van der Waals surface area contributed by atoms with Crippen molar-refractivity contribution in [1.82, 2.24) is 5.32 Å². The summed E-state index contributed by atoms with van der Waals surface area (Å²) in [6.07, 6.45) is 1.40. The molecule has 0 atom stereocenters. The third-order valence-electron chi connectivity index (χ3n) is 4.36. The highest BCUT2D eigenvalue weighted by Gasteiger charge is 2.21. The monoisotopic (exact) mass is 401 g/mol. The number of nitrogens with one attached hydrogen (secondary N) is 2. The van der Waals surface area contributed by atoms with Crippen LogP contribution in [0.15, 0.2) is 42.5 Å². The van der Waals surface area contributed by atoms with Gasteiger partial charge in [0.05, 0.1) is 18.7 Å². The van der Waals surface area contributed by atoms with Crippen LogP contribution >= 0.6 is 11.6 Å². The van der Waals surface area contributed by atoms with Crippen LogP contribution in [-0.4, -0.2) is 37.9 Å². The van der Waals surface area contributed by atoms with Gasteiger partial charge in [-0.15, -0.1) is 0 Å². The van der Waals surface area contributed by atoms with Gasteiger partial charge in [-0.05, 0) is 48.9 Å². The van der Waals surface area contributed by atoms with E-state index >= 15 is 0 Å². The van der Waals surface area contributed by atoms with Crippen molar-refractivity contribution in [2.45, 2.75) is 12.8 Å². The van der Waals surface area contributed by atoms with Crippen LogP contribution in [0.2, 0.25) is 5.02 Å². The molecule has 7 nitrogen and oxygen atoms in total. The highest BCUT2D eigenvalue weighted by molar-refractivity contribution is 6.32. The van der Waals surface area contributed by atoms with E-state index in [0.29, 0.717) is 35.0 Å². The van der Waals surface area contributed by atoms with E-state index < -0.39 is 0 Å². The molecular formula is C20H20ClN3O4. The van der Waals surface area contributed by atoms with Gasteiger partial charge in [0.1, 0.15) is 5.75 Å². The number of methoxy groups -OCH3 is 1. The van der Waals surface area contributed by atoms with Gasteiger partial charge in [0.15, 0.2) is 0 Å². The second kappa shape index (κ2) is 8.75. The molecule has 1 saturated heterocycles. The number of amides is 3. The Morgan fingerprint density at radius 2 is 1.93 bits per heavy atom. The standard InChI is InChI=1S/C20H20ClN3O4/c1-28-17-9-6-14(11-16(17)21)23-18(25)12-22-20(27)13-4-7-15(8-5-13)24-10-2-3-19(24)26/h4-9,11H,2-3,10,12H2,1H3,(H,22,27)(H,23,25). The molecule has 3 amide bonds. The lowest BCUT2D eigenvalue weighted by molar-refractivity contribution is -0.117. The molecule has 3 rings (SSSR count). The first-order chi connectivity index (χ1) is 13.5. The van der Waals surface area contributed by atoms with Crippen LogP contribution in [0.3, 0.4) is 0 Å². The van der Waals surface area contributed by atoms with Crippen LogP contribution < -0.4 is 20.3 Å². The van der Waals surface area contributed by atoms with E-state index in [1.54, 1.807) is 47.4 Å². The zero-order chi connectivity index (χ0) is 20.1. The summed E-state index contributed by atoms with van der Waals surface area (Å²) >= 11 is 6.02. The molecule has 0 saturated carbocycles. The Morgan fingerprint density at radius 3 is 2.54 bits per heavy atom. The molecule has 1 fully saturated rings. The minimum Gasteiger partial charge on any atom is -0.495 e. The number of hydrogen-bond acceptors (Lipinski definition) is 4. The quantitative estimate of drug-likeness (QED) is 0.779. The van der Waals surface area contributed by atoms with Gasteiger partial charge in [0.2, 0.25) is 11.8 Å². The largest absolute Gasteiger partial charge is 0.495 e. The summed E-state index contributed by atoms with van der Waals surface area (Å²) in [6.45, 7) is 0.509. The topological polar surface area (TPSA) is 87.7 Å². The molecule has 0 unspecified atom stereocenters. The van der Waals surface area contributed by atoms with Crippen molar-refractivity contribution in [2.75, 3.05) is 30.4 Å². The number of hydrogen-bond donors (Lipinski definition) is 2. The van der Waals surface area contributed by atoms with Gasteiger partial charge >= 0.3 is 0 Å². The van der Waals surface area contributed by atoms with Crippen LogP contribution in [-0.2, 0) is 9.59 Å². The van der Waals surface area contributed by atoms with Crippen LogP contribution in [0.1, 0.15) is 23.2 Å². The minimum absolute atomic E-state index is 0.0903. The predicted octanol–water partition coefficient (Wildman–Crippen LogP) is 2.84.